The first-order valence-corrected chi connectivity index (χ1v) is 8.57. The molecule has 0 bridgehead atoms. The Morgan fingerprint density at radius 1 is 1.40 bits per heavy atom. The van der Waals surface area contributed by atoms with Crippen molar-refractivity contribution in [3.63, 3.8) is 0 Å². The summed E-state index contributed by atoms with van der Waals surface area (Å²) in [5, 5.41) is 9.24. The molecule has 1 fully saturated rings. The molecule has 2 rings (SSSR count). The van der Waals surface area contributed by atoms with E-state index in [9.17, 15) is 13.2 Å². The molecule has 1 atom stereocenters. The molecule has 1 aliphatic rings. The van der Waals surface area contributed by atoms with Crippen molar-refractivity contribution in [2.45, 2.75) is 6.42 Å². The van der Waals surface area contributed by atoms with E-state index in [2.05, 4.69) is 0 Å². The zero-order chi connectivity index (χ0) is 14.9. The molecule has 0 spiro atoms. The molecule has 8 heteroatoms. The molecule has 0 N–H and O–H groups in total. The molecule has 0 aliphatic carbocycles. The van der Waals surface area contributed by atoms with Crippen LogP contribution in [0, 0.1) is 17.2 Å². The normalized spacial score (nSPS) is 19.1. The van der Waals surface area contributed by atoms with E-state index < -0.39 is 9.05 Å². The topological polar surface area (TPSA) is 78.2 Å². The molecule has 1 heterocycles. The predicted molar refractivity (Wildman–Crippen MR) is 76.3 cm³/mol. The summed E-state index contributed by atoms with van der Waals surface area (Å²) >= 11 is 5.89. The third-order valence-corrected chi connectivity index (χ3v) is 4.43. The molecule has 0 aromatic heterocycles. The lowest BCUT2D eigenvalue weighted by molar-refractivity contribution is -0.117. The Morgan fingerprint density at radius 3 is 2.70 bits per heavy atom. The first kappa shape index (κ1) is 15.1. The molecule has 1 saturated heterocycles. The van der Waals surface area contributed by atoms with Crippen LogP contribution in [0.1, 0.15) is 12.0 Å². The van der Waals surface area contributed by atoms with Crippen LogP contribution in [0.15, 0.2) is 18.2 Å². The van der Waals surface area contributed by atoms with Crippen molar-refractivity contribution >= 4 is 42.9 Å². The number of hydrogen-bond acceptors (Lipinski definition) is 4. The summed E-state index contributed by atoms with van der Waals surface area (Å²) in [6.45, 7) is 0.246. The van der Waals surface area contributed by atoms with Crippen LogP contribution in [0.25, 0.3) is 0 Å². The predicted octanol–water partition coefficient (Wildman–Crippen LogP) is 2.13. The average Bonchev–Trinajstić information content (AvgIpc) is 2.66. The van der Waals surface area contributed by atoms with Gasteiger partial charge in [-0.05, 0) is 18.2 Å². The number of halogens is 2. The van der Waals surface area contributed by atoms with Crippen LogP contribution < -0.4 is 4.90 Å². The Bertz CT molecular complexity index is 697. The van der Waals surface area contributed by atoms with E-state index in [1.807, 2.05) is 6.07 Å². The van der Waals surface area contributed by atoms with Crippen molar-refractivity contribution in [2.75, 3.05) is 17.2 Å². The van der Waals surface area contributed by atoms with Crippen molar-refractivity contribution < 1.29 is 13.2 Å². The summed E-state index contributed by atoms with van der Waals surface area (Å²) in [5.74, 6) is -0.807. The molecular formula is C12H10Cl2N2O3S. The summed E-state index contributed by atoms with van der Waals surface area (Å²) in [6.07, 6.45) is 0.111. The van der Waals surface area contributed by atoms with E-state index in [0.717, 1.165) is 0 Å². The quantitative estimate of drug-likeness (QED) is 0.794. The minimum Gasteiger partial charge on any atom is -0.312 e. The average molecular weight is 333 g/mol. The van der Waals surface area contributed by atoms with Crippen LogP contribution >= 0.6 is 22.3 Å². The van der Waals surface area contributed by atoms with Gasteiger partial charge in [0.05, 0.1) is 17.4 Å². The SMILES string of the molecule is N#Cc1cc(Cl)cc(N2CC(CS(=O)(=O)Cl)CC2=O)c1. The molecule has 1 aromatic rings. The molecule has 0 radical (unpaired) electrons. The molecule has 1 unspecified atom stereocenters. The molecule has 5 nitrogen and oxygen atoms in total. The Morgan fingerprint density at radius 2 is 2.10 bits per heavy atom. The molecule has 106 valence electrons. The Hall–Kier alpha value is -1.29. The van der Waals surface area contributed by atoms with Gasteiger partial charge in [0.15, 0.2) is 0 Å². The summed E-state index contributed by atoms with van der Waals surface area (Å²) in [4.78, 5) is 13.4. The van der Waals surface area contributed by atoms with Gasteiger partial charge >= 0.3 is 0 Å². The van der Waals surface area contributed by atoms with E-state index in [-0.39, 0.29) is 30.5 Å². The second-order valence-corrected chi connectivity index (χ2v) is 7.85. The summed E-state index contributed by atoms with van der Waals surface area (Å²) in [7, 11) is 1.56. The molecule has 0 saturated carbocycles. The number of amides is 1. The highest BCUT2D eigenvalue weighted by Crippen LogP contribution is 2.29. The van der Waals surface area contributed by atoms with Gasteiger partial charge in [-0.2, -0.15) is 5.26 Å². The van der Waals surface area contributed by atoms with Gasteiger partial charge in [-0.3, -0.25) is 4.79 Å². The molecule has 20 heavy (non-hydrogen) atoms. The molecule has 1 aliphatic heterocycles. The Labute approximate surface area is 126 Å². The molecular weight excluding hydrogens is 323 g/mol. The van der Waals surface area contributed by atoms with Gasteiger partial charge in [-0.1, -0.05) is 11.6 Å². The maximum absolute atomic E-state index is 11.9. The smallest absolute Gasteiger partial charge is 0.232 e. The number of hydrogen-bond donors (Lipinski definition) is 0. The first-order valence-electron chi connectivity index (χ1n) is 5.72. The van der Waals surface area contributed by atoms with Crippen molar-refractivity contribution in [2.24, 2.45) is 5.92 Å². The van der Waals surface area contributed by atoms with Crippen LogP contribution in [0.4, 0.5) is 5.69 Å². The number of anilines is 1. The lowest BCUT2D eigenvalue weighted by Crippen LogP contribution is -2.25. The molecule has 1 aromatic carbocycles. The number of carbonyl (C=O) groups excluding carboxylic acids is 1. The van der Waals surface area contributed by atoms with Crippen LogP contribution in [-0.4, -0.2) is 26.6 Å². The van der Waals surface area contributed by atoms with Crippen LogP contribution in [0.3, 0.4) is 0 Å². The number of nitriles is 1. The maximum atomic E-state index is 11.9. The van der Waals surface area contributed by atoms with Crippen molar-refractivity contribution in [1.82, 2.24) is 0 Å². The largest absolute Gasteiger partial charge is 0.312 e. The highest BCUT2D eigenvalue weighted by atomic mass is 35.7. The van der Waals surface area contributed by atoms with Crippen LogP contribution in [0.5, 0.6) is 0 Å². The standard InChI is InChI=1S/C12H10Cl2N2O3S/c13-10-1-8(5-15)2-11(4-10)16-6-9(3-12(16)17)7-20(14,18)19/h1-2,4,9H,3,6-7H2. The lowest BCUT2D eigenvalue weighted by atomic mass is 10.1. The lowest BCUT2D eigenvalue weighted by Gasteiger charge is -2.17. The second kappa shape index (κ2) is 5.60. The van der Waals surface area contributed by atoms with Crippen LogP contribution in [-0.2, 0) is 13.8 Å². The van der Waals surface area contributed by atoms with E-state index >= 15 is 0 Å². The van der Waals surface area contributed by atoms with Gasteiger partial charge in [0.2, 0.25) is 15.0 Å². The van der Waals surface area contributed by atoms with E-state index in [0.29, 0.717) is 16.3 Å². The number of benzene rings is 1. The van der Waals surface area contributed by atoms with Gasteiger partial charge in [0, 0.05) is 40.3 Å². The minimum absolute atomic E-state index is 0.111. The van der Waals surface area contributed by atoms with Crippen LogP contribution in [0.2, 0.25) is 5.02 Å². The summed E-state index contributed by atoms with van der Waals surface area (Å²) in [6, 6.07) is 6.56. The van der Waals surface area contributed by atoms with Gasteiger partial charge < -0.3 is 4.90 Å². The van der Waals surface area contributed by atoms with Gasteiger partial charge in [-0.25, -0.2) is 8.42 Å². The number of rotatable bonds is 3. The maximum Gasteiger partial charge on any atom is 0.232 e. The highest BCUT2D eigenvalue weighted by molar-refractivity contribution is 8.13. The third kappa shape index (κ3) is 3.63. The monoisotopic (exact) mass is 332 g/mol. The third-order valence-electron chi connectivity index (χ3n) is 2.96. The van der Waals surface area contributed by atoms with E-state index in [4.69, 9.17) is 27.5 Å². The molecule has 1 amide bonds. The fraction of sp³-hybridized carbons (Fsp3) is 0.333. The zero-order valence-electron chi connectivity index (χ0n) is 10.2. The minimum atomic E-state index is -3.64. The van der Waals surface area contributed by atoms with Gasteiger partial charge in [-0.15, -0.1) is 0 Å². The Balaban J connectivity index is 2.24. The van der Waals surface area contributed by atoms with Crippen molar-refractivity contribution in [1.29, 1.82) is 5.26 Å². The number of carbonyl (C=O) groups is 1. The van der Waals surface area contributed by atoms with Crippen molar-refractivity contribution in [3.8, 4) is 6.07 Å². The summed E-state index contributed by atoms with van der Waals surface area (Å²) in [5.41, 5.74) is 0.835. The number of nitrogens with zero attached hydrogens (tertiary/aromatic N) is 2. The van der Waals surface area contributed by atoms with Gasteiger partial charge in [0.1, 0.15) is 0 Å². The van der Waals surface area contributed by atoms with E-state index in [1.54, 1.807) is 12.1 Å². The first-order chi connectivity index (χ1) is 9.28. The van der Waals surface area contributed by atoms with Gasteiger partial charge in [0.25, 0.3) is 0 Å². The fourth-order valence-corrected chi connectivity index (χ4v) is 3.77. The second-order valence-electron chi connectivity index (χ2n) is 4.59. The van der Waals surface area contributed by atoms with Crippen molar-refractivity contribution in [3.05, 3.63) is 28.8 Å². The Kier molecular flexibility index (Phi) is 4.23. The van der Waals surface area contributed by atoms with E-state index in [1.165, 1.54) is 11.0 Å². The highest BCUT2D eigenvalue weighted by Gasteiger charge is 2.33. The fourth-order valence-electron chi connectivity index (χ4n) is 2.22. The zero-order valence-corrected chi connectivity index (χ0v) is 12.5. The summed E-state index contributed by atoms with van der Waals surface area (Å²) < 4.78 is 22.1.